The molecule has 122 valence electrons. The van der Waals surface area contributed by atoms with E-state index in [9.17, 15) is 9.59 Å². The molecular formula is C17H26N2O3. The molecule has 1 aromatic heterocycles. The zero-order chi connectivity index (χ0) is 15.9. The molecule has 1 heterocycles. The van der Waals surface area contributed by atoms with Crippen molar-refractivity contribution in [3.63, 3.8) is 0 Å². The van der Waals surface area contributed by atoms with Gasteiger partial charge >= 0.3 is 0 Å². The highest BCUT2D eigenvalue weighted by Crippen LogP contribution is 2.20. The first-order chi connectivity index (χ1) is 10.6. The first-order valence-electron chi connectivity index (χ1n) is 8.21. The molecule has 5 heteroatoms. The molecule has 0 unspecified atom stereocenters. The quantitative estimate of drug-likeness (QED) is 0.761. The second-order valence-corrected chi connectivity index (χ2v) is 6.20. The molecule has 5 nitrogen and oxygen atoms in total. The molecule has 1 aliphatic rings. The third kappa shape index (κ3) is 4.70. The van der Waals surface area contributed by atoms with Crippen molar-refractivity contribution in [2.75, 3.05) is 13.2 Å². The Bertz CT molecular complexity index is 545. The summed E-state index contributed by atoms with van der Waals surface area (Å²) in [5, 5.41) is 2.77. The summed E-state index contributed by atoms with van der Waals surface area (Å²) in [5.41, 5.74) is 0.679. The van der Waals surface area contributed by atoms with Crippen LogP contribution in [0.25, 0.3) is 0 Å². The van der Waals surface area contributed by atoms with Crippen molar-refractivity contribution in [3.05, 3.63) is 33.7 Å². The molecule has 0 atom stereocenters. The maximum absolute atomic E-state index is 12.0. The van der Waals surface area contributed by atoms with E-state index in [1.54, 1.807) is 12.1 Å². The van der Waals surface area contributed by atoms with Crippen LogP contribution in [0.1, 0.15) is 67.9 Å². The molecule has 0 spiro atoms. The van der Waals surface area contributed by atoms with Crippen LogP contribution in [0.15, 0.2) is 16.9 Å². The molecule has 0 saturated heterocycles. The van der Waals surface area contributed by atoms with Crippen molar-refractivity contribution < 1.29 is 9.53 Å². The van der Waals surface area contributed by atoms with Crippen molar-refractivity contribution in [1.82, 2.24) is 10.3 Å². The number of aromatic nitrogens is 1. The first kappa shape index (κ1) is 16.7. The number of H-pyrrole nitrogens is 1. The molecule has 2 rings (SSSR count). The minimum absolute atomic E-state index is 0.168. The lowest BCUT2D eigenvalue weighted by atomic mass is 10.1. The third-order valence-electron chi connectivity index (χ3n) is 4.06. The molecule has 0 bridgehead atoms. The number of pyridine rings is 1. The highest BCUT2D eigenvalue weighted by molar-refractivity contribution is 5.93. The monoisotopic (exact) mass is 306 g/mol. The van der Waals surface area contributed by atoms with E-state index in [4.69, 9.17) is 4.74 Å². The molecule has 1 aliphatic carbocycles. The van der Waals surface area contributed by atoms with Crippen LogP contribution in [-0.4, -0.2) is 30.1 Å². The van der Waals surface area contributed by atoms with E-state index >= 15 is 0 Å². The Balaban J connectivity index is 1.73. The van der Waals surface area contributed by atoms with E-state index in [1.807, 2.05) is 13.8 Å². The molecule has 1 aromatic rings. The van der Waals surface area contributed by atoms with Gasteiger partial charge < -0.3 is 15.0 Å². The van der Waals surface area contributed by atoms with E-state index < -0.39 is 0 Å². The van der Waals surface area contributed by atoms with Crippen LogP contribution >= 0.6 is 0 Å². The lowest BCUT2D eigenvalue weighted by molar-refractivity contribution is 0.0565. The number of carbonyl (C=O) groups is 1. The lowest BCUT2D eigenvalue weighted by Gasteiger charge is -2.11. The molecule has 1 amide bonds. The van der Waals surface area contributed by atoms with Crippen molar-refractivity contribution >= 4 is 5.91 Å². The van der Waals surface area contributed by atoms with Gasteiger partial charge in [-0.3, -0.25) is 9.59 Å². The zero-order valence-electron chi connectivity index (χ0n) is 13.5. The van der Waals surface area contributed by atoms with Gasteiger partial charge in [-0.25, -0.2) is 0 Å². The van der Waals surface area contributed by atoms with Crippen LogP contribution < -0.4 is 10.9 Å². The average molecular weight is 306 g/mol. The summed E-state index contributed by atoms with van der Waals surface area (Å²) in [6, 6.07) is 3.39. The SMILES string of the molecule is CC(C)c1ccc(C(=O)NCCCOC2CCCC2)c(=O)[nH]1. The molecule has 22 heavy (non-hydrogen) atoms. The van der Waals surface area contributed by atoms with E-state index in [1.165, 1.54) is 12.8 Å². The van der Waals surface area contributed by atoms with Crippen LogP contribution in [-0.2, 0) is 4.74 Å². The van der Waals surface area contributed by atoms with Gasteiger partial charge in [-0.1, -0.05) is 26.7 Å². The fourth-order valence-electron chi connectivity index (χ4n) is 2.68. The maximum atomic E-state index is 12.0. The Kier molecular flexibility index (Phi) is 6.19. The fourth-order valence-corrected chi connectivity index (χ4v) is 2.68. The van der Waals surface area contributed by atoms with Gasteiger partial charge in [0, 0.05) is 18.8 Å². The number of nitrogens with one attached hydrogen (secondary N) is 2. The molecule has 0 aliphatic heterocycles. The summed E-state index contributed by atoms with van der Waals surface area (Å²) in [5.74, 6) is -0.0880. The second kappa shape index (κ2) is 8.13. The van der Waals surface area contributed by atoms with Gasteiger partial charge in [-0.2, -0.15) is 0 Å². The topological polar surface area (TPSA) is 71.2 Å². The molecule has 1 fully saturated rings. The van der Waals surface area contributed by atoms with Gasteiger partial charge in [-0.15, -0.1) is 0 Å². The standard InChI is InChI=1S/C17H26N2O3/c1-12(2)15-9-8-14(17(21)19-15)16(20)18-10-5-11-22-13-6-3-4-7-13/h8-9,12-13H,3-7,10-11H2,1-2H3,(H,18,20)(H,19,21). The predicted molar refractivity (Wildman–Crippen MR) is 86.3 cm³/mol. The largest absolute Gasteiger partial charge is 0.378 e. The van der Waals surface area contributed by atoms with Gasteiger partial charge in [0.25, 0.3) is 11.5 Å². The number of rotatable bonds is 7. The van der Waals surface area contributed by atoms with Crippen LogP contribution in [0.2, 0.25) is 0 Å². The van der Waals surface area contributed by atoms with Gasteiger partial charge in [0.1, 0.15) is 5.56 Å². The summed E-state index contributed by atoms with van der Waals surface area (Å²) in [6.45, 7) is 5.18. The number of ether oxygens (including phenoxy) is 1. The van der Waals surface area contributed by atoms with Crippen molar-refractivity contribution in [2.45, 2.75) is 58.0 Å². The van der Waals surface area contributed by atoms with Gasteiger partial charge in [0.15, 0.2) is 0 Å². The smallest absolute Gasteiger partial charge is 0.261 e. The van der Waals surface area contributed by atoms with E-state index in [2.05, 4.69) is 10.3 Å². The van der Waals surface area contributed by atoms with E-state index in [-0.39, 0.29) is 22.9 Å². The first-order valence-corrected chi connectivity index (χ1v) is 8.21. The summed E-state index contributed by atoms with van der Waals surface area (Å²) in [6.07, 6.45) is 6.01. The maximum Gasteiger partial charge on any atom is 0.261 e. The Hall–Kier alpha value is -1.62. The van der Waals surface area contributed by atoms with Crippen LogP contribution in [0.4, 0.5) is 0 Å². The summed E-state index contributed by atoms with van der Waals surface area (Å²) < 4.78 is 5.74. The molecule has 0 aromatic carbocycles. The van der Waals surface area contributed by atoms with Crippen molar-refractivity contribution in [3.8, 4) is 0 Å². The van der Waals surface area contributed by atoms with Crippen LogP contribution in [0, 0.1) is 0 Å². The minimum atomic E-state index is -0.328. The van der Waals surface area contributed by atoms with Crippen LogP contribution in [0.3, 0.4) is 0 Å². The highest BCUT2D eigenvalue weighted by atomic mass is 16.5. The van der Waals surface area contributed by atoms with Gasteiger partial charge in [0.2, 0.25) is 0 Å². The third-order valence-corrected chi connectivity index (χ3v) is 4.06. The molecule has 1 saturated carbocycles. The van der Waals surface area contributed by atoms with E-state index in [0.717, 1.165) is 25.0 Å². The van der Waals surface area contributed by atoms with Crippen molar-refractivity contribution in [1.29, 1.82) is 0 Å². The Morgan fingerprint density at radius 1 is 1.36 bits per heavy atom. The van der Waals surface area contributed by atoms with Crippen molar-refractivity contribution in [2.24, 2.45) is 0 Å². The van der Waals surface area contributed by atoms with Gasteiger partial charge in [0.05, 0.1) is 6.10 Å². The summed E-state index contributed by atoms with van der Waals surface area (Å²) in [4.78, 5) is 26.7. The van der Waals surface area contributed by atoms with Gasteiger partial charge in [-0.05, 0) is 37.3 Å². The average Bonchev–Trinajstić information content (AvgIpc) is 2.99. The van der Waals surface area contributed by atoms with E-state index in [0.29, 0.717) is 19.3 Å². The summed E-state index contributed by atoms with van der Waals surface area (Å²) >= 11 is 0. The lowest BCUT2D eigenvalue weighted by Crippen LogP contribution is -2.31. The Labute approximate surface area is 131 Å². The number of amides is 1. The zero-order valence-corrected chi connectivity index (χ0v) is 13.5. The number of aromatic amines is 1. The number of hydrogen-bond acceptors (Lipinski definition) is 3. The number of carbonyl (C=O) groups excluding carboxylic acids is 1. The molecule has 0 radical (unpaired) electrons. The predicted octanol–water partition coefficient (Wildman–Crippen LogP) is 2.58. The molecular weight excluding hydrogens is 280 g/mol. The second-order valence-electron chi connectivity index (χ2n) is 6.20. The van der Waals surface area contributed by atoms with Crippen LogP contribution in [0.5, 0.6) is 0 Å². The summed E-state index contributed by atoms with van der Waals surface area (Å²) in [7, 11) is 0. The Morgan fingerprint density at radius 2 is 2.09 bits per heavy atom. The molecule has 2 N–H and O–H groups in total. The highest BCUT2D eigenvalue weighted by Gasteiger charge is 2.15. The number of hydrogen-bond donors (Lipinski definition) is 2. The normalized spacial score (nSPS) is 15.4. The Morgan fingerprint density at radius 3 is 2.73 bits per heavy atom. The minimum Gasteiger partial charge on any atom is -0.378 e. The fraction of sp³-hybridized carbons (Fsp3) is 0.647.